The van der Waals surface area contributed by atoms with E-state index in [2.05, 4.69) is 4.98 Å². The van der Waals surface area contributed by atoms with Crippen LogP contribution in [-0.2, 0) is 24.2 Å². The van der Waals surface area contributed by atoms with Crippen molar-refractivity contribution in [2.24, 2.45) is 5.92 Å². The second kappa shape index (κ2) is 4.43. The Labute approximate surface area is 97.7 Å². The normalized spacial score (nSPS) is 19.5. The Morgan fingerprint density at radius 3 is 3.00 bits per heavy atom. The van der Waals surface area contributed by atoms with Gasteiger partial charge < -0.3 is 14.8 Å². The lowest BCUT2D eigenvalue weighted by atomic mass is 9.98. The molecule has 0 amide bonds. The highest BCUT2D eigenvalue weighted by molar-refractivity contribution is 6.30. The van der Waals surface area contributed by atoms with E-state index in [1.807, 2.05) is 4.57 Å². The molecular formula is C10H13ClN2O3. The number of aliphatic hydroxyl groups is 1. The van der Waals surface area contributed by atoms with Crippen LogP contribution in [0.15, 0.2) is 0 Å². The molecule has 0 radical (unpaired) electrons. The Balaban J connectivity index is 2.31. The summed E-state index contributed by atoms with van der Waals surface area (Å²) in [5, 5.41) is 18.3. The number of carboxylic acid groups (broad SMARTS) is 1. The Hall–Kier alpha value is -1.07. The number of halogens is 1. The summed E-state index contributed by atoms with van der Waals surface area (Å²) in [6.07, 6.45) is 1.64. The minimum atomic E-state index is -0.787. The van der Waals surface area contributed by atoms with Crippen LogP contribution in [0.5, 0.6) is 0 Å². The number of imidazole rings is 1. The van der Waals surface area contributed by atoms with E-state index in [1.165, 1.54) is 0 Å². The lowest BCUT2D eigenvalue weighted by Gasteiger charge is -2.22. The molecule has 1 aliphatic heterocycles. The monoisotopic (exact) mass is 244 g/mol. The van der Waals surface area contributed by atoms with Crippen LogP contribution >= 0.6 is 11.6 Å². The number of aliphatic carboxylic acids is 1. The molecule has 1 aromatic rings. The SMILES string of the molecule is O=C(O)C1CCc2c(Cl)nc(CCO)n2C1. The van der Waals surface area contributed by atoms with Crippen molar-refractivity contribution in [3.63, 3.8) is 0 Å². The standard InChI is InChI=1S/C10H13ClN2O3/c11-9-7-2-1-6(10(15)16)5-13(7)8(12-9)3-4-14/h6,14H,1-5H2,(H,15,16). The van der Waals surface area contributed by atoms with Gasteiger partial charge in [-0.25, -0.2) is 4.98 Å². The fourth-order valence-corrected chi connectivity index (χ4v) is 2.37. The molecule has 1 unspecified atom stereocenters. The highest BCUT2D eigenvalue weighted by Crippen LogP contribution is 2.27. The third-order valence-electron chi connectivity index (χ3n) is 2.92. The van der Waals surface area contributed by atoms with Gasteiger partial charge in [-0.3, -0.25) is 4.79 Å². The third-order valence-corrected chi connectivity index (χ3v) is 3.22. The van der Waals surface area contributed by atoms with Crippen LogP contribution < -0.4 is 0 Å². The van der Waals surface area contributed by atoms with Gasteiger partial charge in [0.1, 0.15) is 5.82 Å². The first kappa shape index (κ1) is 11.4. The zero-order chi connectivity index (χ0) is 11.7. The number of rotatable bonds is 3. The van der Waals surface area contributed by atoms with Gasteiger partial charge in [0, 0.05) is 13.0 Å². The van der Waals surface area contributed by atoms with Crippen LogP contribution in [0.3, 0.4) is 0 Å². The van der Waals surface area contributed by atoms with E-state index in [-0.39, 0.29) is 12.5 Å². The van der Waals surface area contributed by atoms with Gasteiger partial charge >= 0.3 is 5.97 Å². The van der Waals surface area contributed by atoms with Crippen molar-refractivity contribution in [1.29, 1.82) is 0 Å². The van der Waals surface area contributed by atoms with Gasteiger partial charge in [-0.2, -0.15) is 0 Å². The molecule has 5 nitrogen and oxygen atoms in total. The number of fused-ring (bicyclic) bond motifs is 1. The molecule has 2 rings (SSSR count). The first-order valence-corrected chi connectivity index (χ1v) is 5.58. The fourth-order valence-electron chi connectivity index (χ4n) is 2.07. The molecule has 0 saturated carbocycles. The Morgan fingerprint density at radius 1 is 1.62 bits per heavy atom. The molecule has 1 aliphatic rings. The summed E-state index contributed by atoms with van der Waals surface area (Å²) in [5.41, 5.74) is 0.891. The van der Waals surface area contributed by atoms with E-state index in [1.54, 1.807) is 0 Å². The van der Waals surface area contributed by atoms with Gasteiger partial charge in [0.2, 0.25) is 0 Å². The molecule has 2 heterocycles. The summed E-state index contributed by atoms with van der Waals surface area (Å²) in [6.45, 7) is 0.393. The summed E-state index contributed by atoms with van der Waals surface area (Å²) in [5.74, 6) is -0.492. The van der Waals surface area contributed by atoms with Crippen molar-refractivity contribution in [3.8, 4) is 0 Å². The fraction of sp³-hybridized carbons (Fsp3) is 0.600. The average molecular weight is 245 g/mol. The number of nitrogens with zero attached hydrogens (tertiary/aromatic N) is 2. The molecule has 1 atom stereocenters. The van der Waals surface area contributed by atoms with E-state index in [0.29, 0.717) is 36.8 Å². The van der Waals surface area contributed by atoms with Crippen LogP contribution in [0, 0.1) is 5.92 Å². The summed E-state index contributed by atoms with van der Waals surface area (Å²) in [4.78, 5) is 15.1. The van der Waals surface area contributed by atoms with Gasteiger partial charge in [0.25, 0.3) is 0 Å². The minimum absolute atomic E-state index is 0.00940. The maximum atomic E-state index is 10.9. The Bertz CT molecular complexity index is 416. The van der Waals surface area contributed by atoms with E-state index in [4.69, 9.17) is 21.8 Å². The second-order valence-corrected chi connectivity index (χ2v) is 4.28. The number of carboxylic acids is 1. The molecule has 2 N–H and O–H groups in total. The van der Waals surface area contributed by atoms with E-state index in [9.17, 15) is 4.79 Å². The molecule has 1 aromatic heterocycles. The molecule has 0 bridgehead atoms. The molecule has 88 valence electrons. The molecular weight excluding hydrogens is 232 g/mol. The average Bonchev–Trinajstić information content (AvgIpc) is 2.56. The van der Waals surface area contributed by atoms with Gasteiger partial charge in [0.15, 0.2) is 5.15 Å². The summed E-state index contributed by atoms with van der Waals surface area (Å²) in [7, 11) is 0. The third kappa shape index (κ3) is 1.92. The number of carbonyl (C=O) groups is 1. The van der Waals surface area contributed by atoms with Crippen molar-refractivity contribution in [1.82, 2.24) is 9.55 Å². The number of hydrogen-bond acceptors (Lipinski definition) is 3. The predicted octanol–water partition coefficient (Wildman–Crippen LogP) is 0.718. The van der Waals surface area contributed by atoms with Crippen LogP contribution in [0.1, 0.15) is 17.9 Å². The summed E-state index contributed by atoms with van der Waals surface area (Å²) in [6, 6.07) is 0. The molecule has 16 heavy (non-hydrogen) atoms. The lowest BCUT2D eigenvalue weighted by Crippen LogP contribution is -2.27. The number of aliphatic hydroxyl groups excluding tert-OH is 1. The maximum absolute atomic E-state index is 10.9. The van der Waals surface area contributed by atoms with Crippen LogP contribution in [0.25, 0.3) is 0 Å². The summed E-state index contributed by atoms with van der Waals surface area (Å²) >= 11 is 5.96. The van der Waals surface area contributed by atoms with Crippen LogP contribution in [-0.4, -0.2) is 32.3 Å². The van der Waals surface area contributed by atoms with E-state index < -0.39 is 5.97 Å². The quantitative estimate of drug-likeness (QED) is 0.822. The van der Waals surface area contributed by atoms with Gasteiger partial charge in [-0.05, 0) is 12.8 Å². The van der Waals surface area contributed by atoms with Crippen LogP contribution in [0.4, 0.5) is 0 Å². The van der Waals surface area contributed by atoms with Crippen molar-refractivity contribution in [3.05, 3.63) is 16.7 Å². The zero-order valence-corrected chi connectivity index (χ0v) is 9.44. The topological polar surface area (TPSA) is 75.3 Å². The van der Waals surface area contributed by atoms with Crippen molar-refractivity contribution in [2.75, 3.05) is 6.61 Å². The van der Waals surface area contributed by atoms with E-state index >= 15 is 0 Å². The first-order valence-electron chi connectivity index (χ1n) is 5.21. The smallest absolute Gasteiger partial charge is 0.308 e. The summed E-state index contributed by atoms with van der Waals surface area (Å²) < 4.78 is 1.83. The predicted molar refractivity (Wildman–Crippen MR) is 57.5 cm³/mol. The molecule has 0 saturated heterocycles. The highest BCUT2D eigenvalue weighted by atomic mass is 35.5. The molecule has 0 fully saturated rings. The number of aromatic nitrogens is 2. The molecule has 0 aromatic carbocycles. The van der Waals surface area contributed by atoms with Crippen LogP contribution in [0.2, 0.25) is 5.15 Å². The lowest BCUT2D eigenvalue weighted by molar-refractivity contribution is -0.142. The highest BCUT2D eigenvalue weighted by Gasteiger charge is 2.28. The van der Waals surface area contributed by atoms with E-state index in [0.717, 1.165) is 5.69 Å². The maximum Gasteiger partial charge on any atom is 0.308 e. The van der Waals surface area contributed by atoms with Gasteiger partial charge in [-0.1, -0.05) is 11.6 Å². The first-order chi connectivity index (χ1) is 7.63. The minimum Gasteiger partial charge on any atom is -0.481 e. The van der Waals surface area contributed by atoms with Crippen molar-refractivity contribution < 1.29 is 15.0 Å². The van der Waals surface area contributed by atoms with Crippen molar-refractivity contribution in [2.45, 2.75) is 25.8 Å². The largest absolute Gasteiger partial charge is 0.481 e. The van der Waals surface area contributed by atoms with Gasteiger partial charge in [-0.15, -0.1) is 0 Å². The van der Waals surface area contributed by atoms with Gasteiger partial charge in [0.05, 0.1) is 18.2 Å². The molecule has 0 aliphatic carbocycles. The molecule has 6 heteroatoms. The Kier molecular flexibility index (Phi) is 3.16. The second-order valence-electron chi connectivity index (χ2n) is 3.92. The van der Waals surface area contributed by atoms with Crippen molar-refractivity contribution >= 4 is 17.6 Å². The Morgan fingerprint density at radius 2 is 2.38 bits per heavy atom. The molecule has 0 spiro atoms. The number of hydrogen-bond donors (Lipinski definition) is 2. The zero-order valence-electron chi connectivity index (χ0n) is 8.69.